The molecule has 1 aliphatic heterocycles. The number of carboxylic acid groups (broad SMARTS) is 1. The molecule has 31 heavy (non-hydrogen) atoms. The SMILES string of the molecule is CCC1(CC(=O)O)OC(c2ccccc2Cl)c2cc(Cl)ccc2N(CC(C)(C)C)C1=O. The zero-order chi connectivity index (χ0) is 23.0. The fourth-order valence-corrected chi connectivity index (χ4v) is 4.36. The van der Waals surface area contributed by atoms with Gasteiger partial charge in [-0.25, -0.2) is 0 Å². The number of carbonyl (C=O) groups excluding carboxylic acids is 1. The van der Waals surface area contributed by atoms with E-state index in [-0.39, 0.29) is 17.7 Å². The summed E-state index contributed by atoms with van der Waals surface area (Å²) in [6, 6.07) is 12.5. The fraction of sp³-hybridized carbons (Fsp3) is 0.417. The molecule has 0 aromatic heterocycles. The summed E-state index contributed by atoms with van der Waals surface area (Å²) in [6.07, 6.45) is -1.01. The van der Waals surface area contributed by atoms with Crippen LogP contribution < -0.4 is 4.90 Å². The van der Waals surface area contributed by atoms with Crippen LogP contribution in [0.25, 0.3) is 0 Å². The predicted octanol–water partition coefficient (Wildman–Crippen LogP) is 6.12. The van der Waals surface area contributed by atoms with Crippen molar-refractivity contribution in [2.45, 2.75) is 52.2 Å². The van der Waals surface area contributed by atoms with E-state index in [0.717, 1.165) is 0 Å². The Kier molecular flexibility index (Phi) is 6.70. The van der Waals surface area contributed by atoms with Crippen LogP contribution in [0.15, 0.2) is 42.5 Å². The molecule has 2 aromatic carbocycles. The first-order valence-electron chi connectivity index (χ1n) is 10.2. The Morgan fingerprint density at radius 2 is 1.84 bits per heavy atom. The van der Waals surface area contributed by atoms with Crippen LogP contribution in [-0.2, 0) is 14.3 Å². The van der Waals surface area contributed by atoms with Gasteiger partial charge in [0.2, 0.25) is 0 Å². The first kappa shape index (κ1) is 23.6. The quantitative estimate of drug-likeness (QED) is 0.579. The van der Waals surface area contributed by atoms with Crippen molar-refractivity contribution in [1.29, 1.82) is 0 Å². The Hall–Kier alpha value is -2.08. The van der Waals surface area contributed by atoms with Crippen LogP contribution in [-0.4, -0.2) is 29.1 Å². The topological polar surface area (TPSA) is 66.8 Å². The number of halogens is 2. The highest BCUT2D eigenvalue weighted by atomic mass is 35.5. The van der Waals surface area contributed by atoms with Gasteiger partial charge in [0.15, 0.2) is 5.60 Å². The predicted molar refractivity (Wildman–Crippen MR) is 123 cm³/mol. The Bertz CT molecular complexity index is 1000. The van der Waals surface area contributed by atoms with Crippen LogP contribution in [0.3, 0.4) is 0 Å². The average Bonchev–Trinajstić information content (AvgIpc) is 2.76. The van der Waals surface area contributed by atoms with Gasteiger partial charge in [-0.2, -0.15) is 0 Å². The molecule has 0 saturated carbocycles. The first-order valence-corrected chi connectivity index (χ1v) is 11.0. The number of amides is 1. The summed E-state index contributed by atoms with van der Waals surface area (Å²) < 4.78 is 6.45. The van der Waals surface area contributed by atoms with E-state index in [0.29, 0.717) is 33.4 Å². The number of hydrogen-bond donors (Lipinski definition) is 1. The summed E-state index contributed by atoms with van der Waals surface area (Å²) in [5.74, 6) is -1.47. The fourth-order valence-electron chi connectivity index (χ4n) is 3.95. The van der Waals surface area contributed by atoms with Gasteiger partial charge in [0.25, 0.3) is 5.91 Å². The molecular weight excluding hydrogens is 437 g/mol. The number of rotatable bonds is 5. The Morgan fingerprint density at radius 3 is 2.42 bits per heavy atom. The van der Waals surface area contributed by atoms with Crippen molar-refractivity contribution in [1.82, 2.24) is 0 Å². The van der Waals surface area contributed by atoms with Gasteiger partial charge < -0.3 is 14.7 Å². The summed E-state index contributed by atoms with van der Waals surface area (Å²) in [4.78, 5) is 27.4. The molecule has 2 atom stereocenters. The Morgan fingerprint density at radius 1 is 1.16 bits per heavy atom. The molecule has 1 heterocycles. The van der Waals surface area contributed by atoms with Gasteiger partial charge >= 0.3 is 5.97 Å². The van der Waals surface area contributed by atoms with E-state index >= 15 is 0 Å². The second kappa shape index (κ2) is 8.81. The standard InChI is InChI=1S/C24H27Cl2NO4/c1-5-24(13-20(28)29)22(30)27(14-23(2,3)4)19-11-10-15(25)12-17(19)21(31-24)16-8-6-7-9-18(16)26/h6-12,21H,5,13-14H2,1-4H3,(H,28,29). The summed E-state index contributed by atoms with van der Waals surface area (Å²) >= 11 is 12.9. The summed E-state index contributed by atoms with van der Waals surface area (Å²) in [5.41, 5.74) is 0.196. The van der Waals surface area contributed by atoms with E-state index in [4.69, 9.17) is 27.9 Å². The maximum absolute atomic E-state index is 13.9. The second-order valence-corrected chi connectivity index (χ2v) is 9.94. The van der Waals surface area contributed by atoms with Crippen LogP contribution in [0.2, 0.25) is 10.0 Å². The maximum Gasteiger partial charge on any atom is 0.306 e. The third kappa shape index (κ3) is 4.89. The monoisotopic (exact) mass is 463 g/mol. The van der Waals surface area contributed by atoms with Crippen LogP contribution in [0.4, 0.5) is 5.69 Å². The van der Waals surface area contributed by atoms with Gasteiger partial charge in [0.05, 0.1) is 6.42 Å². The zero-order valence-electron chi connectivity index (χ0n) is 18.1. The molecule has 0 aliphatic carbocycles. The molecule has 1 N–H and O–H groups in total. The van der Waals surface area contributed by atoms with Crippen molar-refractivity contribution >= 4 is 40.8 Å². The molecule has 0 spiro atoms. The van der Waals surface area contributed by atoms with E-state index < -0.39 is 24.1 Å². The van der Waals surface area contributed by atoms with Crippen LogP contribution in [0.5, 0.6) is 0 Å². The van der Waals surface area contributed by atoms with E-state index in [1.165, 1.54) is 0 Å². The smallest absolute Gasteiger partial charge is 0.306 e. The number of nitrogens with zero attached hydrogens (tertiary/aromatic N) is 1. The number of carboxylic acids is 1. The number of hydrogen-bond acceptors (Lipinski definition) is 3. The number of benzene rings is 2. The van der Waals surface area contributed by atoms with E-state index in [2.05, 4.69) is 0 Å². The Balaban J connectivity index is 2.32. The van der Waals surface area contributed by atoms with Crippen molar-refractivity contribution in [3.8, 4) is 0 Å². The molecular formula is C24H27Cl2NO4. The summed E-state index contributed by atoms with van der Waals surface area (Å²) in [5, 5.41) is 10.6. The van der Waals surface area contributed by atoms with Crippen molar-refractivity contribution in [2.24, 2.45) is 5.41 Å². The molecule has 0 fully saturated rings. The molecule has 7 heteroatoms. The van der Waals surface area contributed by atoms with Crippen LogP contribution >= 0.6 is 23.2 Å². The highest BCUT2D eigenvalue weighted by molar-refractivity contribution is 6.31. The summed E-state index contributed by atoms with van der Waals surface area (Å²) in [7, 11) is 0. The number of carbonyl (C=O) groups is 2. The minimum atomic E-state index is -1.55. The lowest BCUT2D eigenvalue weighted by Gasteiger charge is -2.36. The van der Waals surface area contributed by atoms with Gasteiger partial charge in [0, 0.05) is 33.4 Å². The normalized spacial score (nSPS) is 21.5. The molecule has 0 radical (unpaired) electrons. The van der Waals surface area contributed by atoms with E-state index in [9.17, 15) is 14.7 Å². The largest absolute Gasteiger partial charge is 0.481 e. The molecule has 166 valence electrons. The van der Waals surface area contributed by atoms with Crippen LogP contribution in [0.1, 0.15) is 57.8 Å². The molecule has 5 nitrogen and oxygen atoms in total. The van der Waals surface area contributed by atoms with E-state index in [1.807, 2.05) is 39.0 Å². The molecule has 2 aromatic rings. The van der Waals surface area contributed by atoms with Gasteiger partial charge in [-0.05, 0) is 36.1 Å². The van der Waals surface area contributed by atoms with Crippen molar-refractivity contribution in [2.75, 3.05) is 11.4 Å². The lowest BCUT2D eigenvalue weighted by molar-refractivity contribution is -0.162. The number of aliphatic carboxylic acids is 1. The first-order chi connectivity index (χ1) is 14.5. The third-order valence-corrected chi connectivity index (χ3v) is 5.95. The van der Waals surface area contributed by atoms with Crippen molar-refractivity contribution in [3.05, 3.63) is 63.6 Å². The molecule has 1 aliphatic rings. The highest BCUT2D eigenvalue weighted by Gasteiger charge is 2.49. The van der Waals surface area contributed by atoms with Crippen molar-refractivity contribution < 1.29 is 19.4 Å². The molecule has 2 unspecified atom stereocenters. The minimum Gasteiger partial charge on any atom is -0.481 e. The van der Waals surface area contributed by atoms with Gasteiger partial charge in [0.1, 0.15) is 6.10 Å². The minimum absolute atomic E-state index is 0.196. The molecule has 0 bridgehead atoms. The van der Waals surface area contributed by atoms with E-state index in [1.54, 1.807) is 36.1 Å². The molecule has 3 rings (SSSR count). The van der Waals surface area contributed by atoms with Gasteiger partial charge in [-0.3, -0.25) is 9.59 Å². The maximum atomic E-state index is 13.9. The lowest BCUT2D eigenvalue weighted by Crippen LogP contribution is -2.52. The third-order valence-electron chi connectivity index (χ3n) is 5.37. The molecule has 1 amide bonds. The number of fused-ring (bicyclic) bond motifs is 1. The second-order valence-electron chi connectivity index (χ2n) is 9.09. The number of ether oxygens (including phenoxy) is 1. The Labute approximate surface area is 192 Å². The lowest BCUT2D eigenvalue weighted by atomic mass is 9.91. The number of anilines is 1. The highest BCUT2D eigenvalue weighted by Crippen LogP contribution is 2.46. The molecule has 0 saturated heterocycles. The van der Waals surface area contributed by atoms with Crippen LogP contribution in [0, 0.1) is 5.41 Å². The zero-order valence-corrected chi connectivity index (χ0v) is 19.6. The average molecular weight is 464 g/mol. The van der Waals surface area contributed by atoms with Gasteiger partial charge in [-0.1, -0.05) is 69.1 Å². The summed E-state index contributed by atoms with van der Waals surface area (Å²) in [6.45, 7) is 8.23. The van der Waals surface area contributed by atoms with Crippen molar-refractivity contribution in [3.63, 3.8) is 0 Å². The van der Waals surface area contributed by atoms with Gasteiger partial charge in [-0.15, -0.1) is 0 Å².